The van der Waals surface area contributed by atoms with E-state index in [4.69, 9.17) is 4.74 Å². The standard InChI is InChI=1S/C20H21N5O4/c1-2-29-17-6-3-14(4-7-17)9-16(20(27)28)11-23-19(26)15-5-8-18(22-10-15)25-13-21-12-24-25/h3-8,10,12-13,16H,2,9,11H2,1H3,(H,23,26)(H,27,28). The number of nitrogens with one attached hydrogen (secondary N) is 1. The quantitative estimate of drug-likeness (QED) is 0.566. The van der Waals surface area contributed by atoms with Crippen LogP contribution in [-0.4, -0.2) is 49.9 Å². The third-order valence-corrected chi connectivity index (χ3v) is 4.24. The van der Waals surface area contributed by atoms with Crippen molar-refractivity contribution in [2.24, 2.45) is 5.92 Å². The first kappa shape index (κ1) is 20.0. The van der Waals surface area contributed by atoms with Crippen LogP contribution in [0.1, 0.15) is 22.8 Å². The van der Waals surface area contributed by atoms with E-state index in [1.54, 1.807) is 24.3 Å². The highest BCUT2D eigenvalue weighted by atomic mass is 16.5. The molecule has 1 unspecified atom stereocenters. The third kappa shape index (κ3) is 5.38. The number of nitrogens with zero attached hydrogens (tertiary/aromatic N) is 4. The van der Waals surface area contributed by atoms with Gasteiger partial charge in [0.1, 0.15) is 18.4 Å². The van der Waals surface area contributed by atoms with Crippen molar-refractivity contribution < 1.29 is 19.4 Å². The average Bonchev–Trinajstić information content (AvgIpc) is 3.27. The van der Waals surface area contributed by atoms with Crippen molar-refractivity contribution >= 4 is 11.9 Å². The minimum Gasteiger partial charge on any atom is -0.494 e. The summed E-state index contributed by atoms with van der Waals surface area (Å²) in [6.45, 7) is 2.47. The Hall–Kier alpha value is -3.75. The number of pyridine rings is 1. The van der Waals surface area contributed by atoms with Crippen LogP contribution in [0.3, 0.4) is 0 Å². The molecule has 3 aromatic rings. The van der Waals surface area contributed by atoms with Gasteiger partial charge in [0.25, 0.3) is 5.91 Å². The summed E-state index contributed by atoms with van der Waals surface area (Å²) in [6, 6.07) is 10.5. The lowest BCUT2D eigenvalue weighted by Crippen LogP contribution is -2.34. The summed E-state index contributed by atoms with van der Waals surface area (Å²) < 4.78 is 6.86. The molecule has 0 aliphatic carbocycles. The normalized spacial score (nSPS) is 11.6. The molecule has 0 radical (unpaired) electrons. The number of aliphatic carboxylic acids is 1. The number of hydrogen-bond donors (Lipinski definition) is 2. The van der Waals surface area contributed by atoms with Crippen molar-refractivity contribution in [3.63, 3.8) is 0 Å². The van der Waals surface area contributed by atoms with Crippen LogP contribution in [0, 0.1) is 5.92 Å². The molecule has 0 saturated carbocycles. The summed E-state index contributed by atoms with van der Waals surface area (Å²) in [5, 5.41) is 16.1. The fourth-order valence-corrected chi connectivity index (χ4v) is 2.72. The molecule has 1 amide bonds. The molecule has 0 bridgehead atoms. The van der Waals surface area contributed by atoms with Crippen LogP contribution in [0.2, 0.25) is 0 Å². The summed E-state index contributed by atoms with van der Waals surface area (Å²) in [7, 11) is 0. The number of aromatic nitrogens is 4. The Bertz CT molecular complexity index is 940. The van der Waals surface area contributed by atoms with Gasteiger partial charge in [-0.15, -0.1) is 0 Å². The van der Waals surface area contributed by atoms with Crippen LogP contribution in [0.25, 0.3) is 5.82 Å². The summed E-state index contributed by atoms with van der Waals surface area (Å²) in [5.41, 5.74) is 1.19. The lowest BCUT2D eigenvalue weighted by atomic mass is 9.99. The molecular weight excluding hydrogens is 374 g/mol. The molecular formula is C20H21N5O4. The number of rotatable bonds is 9. The maximum absolute atomic E-state index is 12.3. The maximum Gasteiger partial charge on any atom is 0.308 e. The number of amides is 1. The van der Waals surface area contributed by atoms with E-state index >= 15 is 0 Å². The van der Waals surface area contributed by atoms with Crippen molar-refractivity contribution in [3.8, 4) is 11.6 Å². The molecule has 3 rings (SSSR count). The van der Waals surface area contributed by atoms with Gasteiger partial charge in [0.05, 0.1) is 18.1 Å². The first-order valence-corrected chi connectivity index (χ1v) is 9.10. The first-order chi connectivity index (χ1) is 14.1. The van der Waals surface area contributed by atoms with E-state index in [2.05, 4.69) is 20.4 Å². The Morgan fingerprint density at radius 2 is 2.00 bits per heavy atom. The van der Waals surface area contributed by atoms with E-state index in [-0.39, 0.29) is 12.5 Å². The Balaban J connectivity index is 1.58. The second-order valence-electron chi connectivity index (χ2n) is 6.27. The Labute approximate surface area is 167 Å². The lowest BCUT2D eigenvalue weighted by molar-refractivity contribution is -0.141. The molecule has 2 heterocycles. The van der Waals surface area contributed by atoms with Gasteiger partial charge >= 0.3 is 5.97 Å². The predicted octanol–water partition coefficient (Wildman–Crippen LogP) is 1.73. The molecule has 2 N–H and O–H groups in total. The van der Waals surface area contributed by atoms with Crippen molar-refractivity contribution in [3.05, 3.63) is 66.4 Å². The molecule has 1 atom stereocenters. The van der Waals surface area contributed by atoms with Gasteiger partial charge in [-0.2, -0.15) is 5.10 Å². The number of carbonyl (C=O) groups is 2. The van der Waals surface area contributed by atoms with Gasteiger partial charge in [-0.05, 0) is 43.2 Å². The van der Waals surface area contributed by atoms with Gasteiger partial charge in [0.15, 0.2) is 5.82 Å². The fourth-order valence-electron chi connectivity index (χ4n) is 2.72. The molecule has 2 aromatic heterocycles. The number of benzene rings is 1. The second kappa shape index (κ2) is 9.45. The molecule has 150 valence electrons. The van der Waals surface area contributed by atoms with E-state index < -0.39 is 11.9 Å². The zero-order chi connectivity index (χ0) is 20.6. The van der Waals surface area contributed by atoms with E-state index in [9.17, 15) is 14.7 Å². The molecule has 0 saturated heterocycles. The highest BCUT2D eigenvalue weighted by molar-refractivity contribution is 5.94. The van der Waals surface area contributed by atoms with Gasteiger partial charge in [-0.1, -0.05) is 12.1 Å². The number of hydrogen-bond acceptors (Lipinski definition) is 6. The molecule has 1 aromatic carbocycles. The molecule has 0 aliphatic rings. The monoisotopic (exact) mass is 395 g/mol. The van der Waals surface area contributed by atoms with Crippen LogP contribution in [0.4, 0.5) is 0 Å². The molecule has 0 aliphatic heterocycles. The van der Waals surface area contributed by atoms with Crippen LogP contribution in [-0.2, 0) is 11.2 Å². The highest BCUT2D eigenvalue weighted by Gasteiger charge is 2.19. The van der Waals surface area contributed by atoms with Crippen LogP contribution in [0.15, 0.2) is 55.2 Å². The lowest BCUT2D eigenvalue weighted by Gasteiger charge is -2.14. The average molecular weight is 395 g/mol. The van der Waals surface area contributed by atoms with Crippen molar-refractivity contribution in [2.75, 3.05) is 13.2 Å². The van der Waals surface area contributed by atoms with Crippen molar-refractivity contribution in [1.29, 1.82) is 0 Å². The third-order valence-electron chi connectivity index (χ3n) is 4.24. The minimum atomic E-state index is -0.973. The zero-order valence-corrected chi connectivity index (χ0v) is 15.9. The van der Waals surface area contributed by atoms with Gasteiger partial charge in [-0.25, -0.2) is 14.6 Å². The Morgan fingerprint density at radius 1 is 1.21 bits per heavy atom. The van der Waals surface area contributed by atoms with Gasteiger partial charge < -0.3 is 15.2 Å². The molecule has 9 heteroatoms. The van der Waals surface area contributed by atoms with E-state index in [1.165, 1.54) is 23.5 Å². The number of carboxylic acid groups (broad SMARTS) is 1. The van der Waals surface area contributed by atoms with Gasteiger partial charge in [0, 0.05) is 12.7 Å². The van der Waals surface area contributed by atoms with E-state index in [0.717, 1.165) is 11.3 Å². The Morgan fingerprint density at radius 3 is 2.59 bits per heavy atom. The van der Waals surface area contributed by atoms with Gasteiger partial charge in [0.2, 0.25) is 0 Å². The summed E-state index contributed by atoms with van der Waals surface area (Å²) in [4.78, 5) is 31.9. The molecule has 0 fully saturated rings. The largest absolute Gasteiger partial charge is 0.494 e. The number of carbonyl (C=O) groups excluding carboxylic acids is 1. The number of carboxylic acids is 1. The van der Waals surface area contributed by atoms with Crippen molar-refractivity contribution in [1.82, 2.24) is 25.1 Å². The summed E-state index contributed by atoms with van der Waals surface area (Å²) >= 11 is 0. The van der Waals surface area contributed by atoms with Crippen molar-refractivity contribution in [2.45, 2.75) is 13.3 Å². The first-order valence-electron chi connectivity index (χ1n) is 9.10. The highest BCUT2D eigenvalue weighted by Crippen LogP contribution is 2.15. The number of ether oxygens (including phenoxy) is 1. The van der Waals surface area contributed by atoms with Crippen LogP contribution >= 0.6 is 0 Å². The molecule has 29 heavy (non-hydrogen) atoms. The molecule has 0 spiro atoms. The topological polar surface area (TPSA) is 119 Å². The van der Waals surface area contributed by atoms with Crippen LogP contribution < -0.4 is 10.1 Å². The summed E-state index contributed by atoms with van der Waals surface area (Å²) in [6.07, 6.45) is 4.60. The zero-order valence-electron chi connectivity index (χ0n) is 15.9. The van der Waals surface area contributed by atoms with Crippen LogP contribution in [0.5, 0.6) is 5.75 Å². The smallest absolute Gasteiger partial charge is 0.308 e. The molecule has 9 nitrogen and oxygen atoms in total. The maximum atomic E-state index is 12.3. The second-order valence-corrected chi connectivity index (χ2v) is 6.27. The van der Waals surface area contributed by atoms with E-state index in [1.807, 2.05) is 19.1 Å². The minimum absolute atomic E-state index is 0.00616. The fraction of sp³-hybridized carbons (Fsp3) is 0.250. The Kier molecular flexibility index (Phi) is 6.51. The summed E-state index contributed by atoms with van der Waals surface area (Å²) in [5.74, 6) is -0.852. The SMILES string of the molecule is CCOc1ccc(CC(CNC(=O)c2ccc(-n3cncn3)nc2)C(=O)O)cc1. The predicted molar refractivity (Wildman–Crippen MR) is 104 cm³/mol. The van der Waals surface area contributed by atoms with Gasteiger partial charge in [-0.3, -0.25) is 9.59 Å². The van der Waals surface area contributed by atoms with E-state index in [0.29, 0.717) is 24.4 Å².